The van der Waals surface area contributed by atoms with Crippen molar-refractivity contribution < 1.29 is 8.42 Å². The van der Waals surface area contributed by atoms with Gasteiger partial charge >= 0.3 is 0 Å². The molecule has 0 radical (unpaired) electrons. The maximum Gasteiger partial charge on any atom is 0.238 e. The van der Waals surface area contributed by atoms with Crippen LogP contribution in [0, 0.1) is 11.8 Å². The summed E-state index contributed by atoms with van der Waals surface area (Å²) in [7, 11) is -3.65. The fraction of sp³-hybridized carbons (Fsp3) is 0.571. The van der Waals surface area contributed by atoms with Crippen molar-refractivity contribution in [1.82, 2.24) is 0 Å². The quantitative estimate of drug-likeness (QED) is 0.867. The number of sulfonamides is 1. The Bertz CT molecular complexity index is 589. The average Bonchev–Trinajstić information content (AvgIpc) is 2.33. The molecule has 3 atom stereocenters. The molecule has 0 heterocycles. The first-order valence-electron chi connectivity index (χ1n) is 6.86. The van der Waals surface area contributed by atoms with E-state index in [1.54, 1.807) is 18.2 Å². The molecule has 112 valence electrons. The van der Waals surface area contributed by atoms with E-state index < -0.39 is 10.0 Å². The molecule has 1 aromatic rings. The van der Waals surface area contributed by atoms with Gasteiger partial charge in [0.25, 0.3) is 0 Å². The first-order chi connectivity index (χ1) is 9.27. The number of hydrogen-bond donors (Lipinski definition) is 2. The number of rotatable bonds is 3. The third kappa shape index (κ3) is 3.74. The Morgan fingerprint density at radius 2 is 2.00 bits per heavy atom. The predicted molar refractivity (Wildman–Crippen MR) is 85.1 cm³/mol. The van der Waals surface area contributed by atoms with Crippen molar-refractivity contribution in [3.63, 3.8) is 0 Å². The molecule has 1 aliphatic carbocycles. The molecule has 0 spiro atoms. The summed E-state index contributed by atoms with van der Waals surface area (Å²) in [6.07, 6.45) is 3.60. The molecule has 1 aromatic carbocycles. The second-order valence-electron chi connectivity index (χ2n) is 5.83. The minimum atomic E-state index is -3.65. The number of hydrogen-bond acceptors (Lipinski definition) is 3. The number of nitrogens with two attached hydrogens (primary N) is 1. The molecule has 4 nitrogen and oxygen atoms in total. The molecule has 20 heavy (non-hydrogen) atoms. The van der Waals surface area contributed by atoms with Gasteiger partial charge in [0.2, 0.25) is 10.0 Å². The van der Waals surface area contributed by atoms with E-state index in [1.807, 2.05) is 0 Å². The molecule has 2 rings (SSSR count). The van der Waals surface area contributed by atoms with Gasteiger partial charge in [-0.1, -0.05) is 13.8 Å². The third-order valence-corrected chi connectivity index (χ3v) is 5.61. The first kappa shape index (κ1) is 15.8. The summed E-state index contributed by atoms with van der Waals surface area (Å²) in [4.78, 5) is 0.125. The Kier molecular flexibility index (Phi) is 4.76. The highest BCUT2D eigenvalue weighted by Crippen LogP contribution is 2.33. The number of benzene rings is 1. The molecule has 1 saturated carbocycles. The first-order valence-corrected chi connectivity index (χ1v) is 9.20. The second-order valence-corrected chi connectivity index (χ2v) is 8.25. The summed E-state index contributed by atoms with van der Waals surface area (Å²) in [5, 5.41) is 8.64. The molecule has 6 heteroatoms. The monoisotopic (exact) mass is 360 g/mol. The van der Waals surface area contributed by atoms with Crippen molar-refractivity contribution in [1.29, 1.82) is 0 Å². The van der Waals surface area contributed by atoms with E-state index in [4.69, 9.17) is 5.14 Å². The van der Waals surface area contributed by atoms with Crippen molar-refractivity contribution >= 4 is 31.6 Å². The molecule has 0 amide bonds. The Labute approximate surface area is 129 Å². The SMILES string of the molecule is CC1CCC(Nc2ccc(S(N)(=O)=O)cc2Br)C(C)C1. The normalized spacial score (nSPS) is 27.3. The number of nitrogens with one attached hydrogen (secondary N) is 1. The summed E-state index contributed by atoms with van der Waals surface area (Å²) < 4.78 is 23.4. The van der Waals surface area contributed by atoms with E-state index in [0.29, 0.717) is 12.0 Å². The van der Waals surface area contributed by atoms with Crippen LogP contribution < -0.4 is 10.5 Å². The Balaban J connectivity index is 2.14. The van der Waals surface area contributed by atoms with Gasteiger partial charge < -0.3 is 5.32 Å². The van der Waals surface area contributed by atoms with Crippen LogP contribution in [0.2, 0.25) is 0 Å². The highest BCUT2D eigenvalue weighted by atomic mass is 79.9. The van der Waals surface area contributed by atoms with Gasteiger partial charge in [-0.25, -0.2) is 13.6 Å². The van der Waals surface area contributed by atoms with Crippen LogP contribution in [0.3, 0.4) is 0 Å². The predicted octanol–water partition coefficient (Wildman–Crippen LogP) is 3.33. The summed E-state index contributed by atoms with van der Waals surface area (Å²) in [5.41, 5.74) is 0.920. The Morgan fingerprint density at radius 3 is 2.55 bits per heavy atom. The summed E-state index contributed by atoms with van der Waals surface area (Å²) in [6.45, 7) is 4.56. The Morgan fingerprint density at radius 1 is 1.30 bits per heavy atom. The second kappa shape index (κ2) is 6.03. The summed E-state index contributed by atoms with van der Waals surface area (Å²) in [6, 6.07) is 5.30. The Hall–Kier alpha value is -0.590. The lowest BCUT2D eigenvalue weighted by Gasteiger charge is -2.34. The van der Waals surface area contributed by atoms with E-state index >= 15 is 0 Å². The smallest absolute Gasteiger partial charge is 0.238 e. The van der Waals surface area contributed by atoms with E-state index in [1.165, 1.54) is 12.8 Å². The van der Waals surface area contributed by atoms with Gasteiger partial charge in [0, 0.05) is 16.2 Å². The van der Waals surface area contributed by atoms with E-state index in [-0.39, 0.29) is 4.90 Å². The van der Waals surface area contributed by atoms with Crippen LogP contribution in [-0.2, 0) is 10.0 Å². The maximum atomic E-state index is 11.3. The summed E-state index contributed by atoms with van der Waals surface area (Å²) >= 11 is 3.42. The van der Waals surface area contributed by atoms with E-state index in [9.17, 15) is 8.42 Å². The molecule has 0 aliphatic heterocycles. The molecule has 0 aromatic heterocycles. The molecule has 0 bridgehead atoms. The van der Waals surface area contributed by atoms with Crippen LogP contribution in [0.25, 0.3) is 0 Å². The van der Waals surface area contributed by atoms with Gasteiger partial charge in [0.05, 0.1) is 4.90 Å². The molecule has 1 fully saturated rings. The van der Waals surface area contributed by atoms with E-state index in [2.05, 4.69) is 35.1 Å². The van der Waals surface area contributed by atoms with Gasteiger partial charge in [-0.05, 0) is 65.2 Å². The van der Waals surface area contributed by atoms with Crippen LogP contribution in [0.4, 0.5) is 5.69 Å². The van der Waals surface area contributed by atoms with Crippen LogP contribution in [0.1, 0.15) is 33.1 Å². The standard InChI is InChI=1S/C14H21BrN2O2S/c1-9-3-5-13(10(2)7-9)17-14-6-4-11(8-12(14)15)20(16,18)19/h4,6,8-10,13,17H,3,5,7H2,1-2H3,(H2,16,18,19). The van der Waals surface area contributed by atoms with Crippen LogP contribution >= 0.6 is 15.9 Å². The van der Waals surface area contributed by atoms with Gasteiger partial charge in [-0.3, -0.25) is 0 Å². The number of anilines is 1. The van der Waals surface area contributed by atoms with Crippen LogP contribution in [0.15, 0.2) is 27.6 Å². The molecule has 0 saturated heterocycles. The van der Waals surface area contributed by atoms with Crippen LogP contribution in [0.5, 0.6) is 0 Å². The average molecular weight is 361 g/mol. The van der Waals surface area contributed by atoms with Gasteiger partial charge in [0.1, 0.15) is 0 Å². The van der Waals surface area contributed by atoms with Crippen molar-refractivity contribution in [2.24, 2.45) is 17.0 Å². The highest BCUT2D eigenvalue weighted by Gasteiger charge is 2.25. The molecule has 3 N–H and O–H groups in total. The highest BCUT2D eigenvalue weighted by molar-refractivity contribution is 9.10. The molecular formula is C14H21BrN2O2S. The number of halogens is 1. The third-order valence-electron chi connectivity index (χ3n) is 4.04. The maximum absolute atomic E-state index is 11.3. The number of primary sulfonamides is 1. The zero-order valence-corrected chi connectivity index (χ0v) is 14.2. The lowest BCUT2D eigenvalue weighted by Crippen LogP contribution is -2.33. The van der Waals surface area contributed by atoms with Gasteiger partial charge in [-0.15, -0.1) is 0 Å². The lowest BCUT2D eigenvalue weighted by atomic mass is 9.80. The minimum absolute atomic E-state index is 0.125. The minimum Gasteiger partial charge on any atom is -0.381 e. The van der Waals surface area contributed by atoms with E-state index in [0.717, 1.165) is 22.5 Å². The van der Waals surface area contributed by atoms with Gasteiger partial charge in [0.15, 0.2) is 0 Å². The molecule has 1 aliphatic rings. The fourth-order valence-electron chi connectivity index (χ4n) is 2.87. The summed E-state index contributed by atoms with van der Waals surface area (Å²) in [5.74, 6) is 1.40. The van der Waals surface area contributed by atoms with Crippen molar-refractivity contribution in [3.05, 3.63) is 22.7 Å². The van der Waals surface area contributed by atoms with Crippen molar-refractivity contribution in [3.8, 4) is 0 Å². The van der Waals surface area contributed by atoms with Crippen LogP contribution in [-0.4, -0.2) is 14.5 Å². The lowest BCUT2D eigenvalue weighted by molar-refractivity contribution is 0.276. The molecule has 3 unspecified atom stereocenters. The fourth-order valence-corrected chi connectivity index (χ4v) is 4.05. The topological polar surface area (TPSA) is 72.2 Å². The zero-order valence-electron chi connectivity index (χ0n) is 11.8. The van der Waals surface area contributed by atoms with Crippen molar-refractivity contribution in [2.45, 2.75) is 44.0 Å². The zero-order chi connectivity index (χ0) is 14.9. The van der Waals surface area contributed by atoms with Crippen molar-refractivity contribution in [2.75, 3.05) is 5.32 Å². The van der Waals surface area contributed by atoms with Gasteiger partial charge in [-0.2, -0.15) is 0 Å². The largest absolute Gasteiger partial charge is 0.381 e. The molecular weight excluding hydrogens is 340 g/mol.